The van der Waals surface area contributed by atoms with Gasteiger partial charge in [-0.25, -0.2) is 9.59 Å². The van der Waals surface area contributed by atoms with Crippen molar-refractivity contribution in [3.05, 3.63) is 41.1 Å². The van der Waals surface area contributed by atoms with Crippen LogP contribution < -0.4 is 10.7 Å². The van der Waals surface area contributed by atoms with Gasteiger partial charge in [-0.1, -0.05) is 37.5 Å². The zero-order valence-electron chi connectivity index (χ0n) is 18.3. The summed E-state index contributed by atoms with van der Waals surface area (Å²) in [6, 6.07) is 6.72. The predicted octanol–water partition coefficient (Wildman–Crippen LogP) is 2.56. The van der Waals surface area contributed by atoms with Crippen molar-refractivity contribution < 1.29 is 23.9 Å². The molecule has 2 aromatic rings. The Kier molecular flexibility index (Phi) is 5.47. The molecule has 4 amide bonds. The highest BCUT2D eigenvalue weighted by Gasteiger charge is 2.52. The molecule has 0 unspecified atom stereocenters. The third kappa shape index (κ3) is 3.81. The summed E-state index contributed by atoms with van der Waals surface area (Å²) in [7, 11) is 0. The van der Waals surface area contributed by atoms with Crippen molar-refractivity contribution >= 4 is 34.7 Å². The minimum Gasteiger partial charge on any atom is -0.452 e. The van der Waals surface area contributed by atoms with Crippen LogP contribution >= 0.6 is 0 Å². The first-order chi connectivity index (χ1) is 16.0. The highest BCUT2D eigenvalue weighted by atomic mass is 16.5. The fourth-order valence-electron chi connectivity index (χ4n) is 5.18. The van der Waals surface area contributed by atoms with Gasteiger partial charge in [-0.3, -0.25) is 20.0 Å². The molecule has 1 aromatic carbocycles. The van der Waals surface area contributed by atoms with Crippen LogP contribution in [0.5, 0.6) is 0 Å². The number of benzene rings is 1. The lowest BCUT2D eigenvalue weighted by atomic mass is 9.82. The second-order valence-electron chi connectivity index (χ2n) is 8.96. The van der Waals surface area contributed by atoms with E-state index in [4.69, 9.17) is 9.72 Å². The number of imide groups is 1. The summed E-state index contributed by atoms with van der Waals surface area (Å²) in [6.07, 6.45) is 7.32. The fraction of sp³-hybridized carbons (Fsp3) is 0.458. The Morgan fingerprint density at radius 2 is 1.82 bits per heavy atom. The molecule has 172 valence electrons. The van der Waals surface area contributed by atoms with E-state index < -0.39 is 36.0 Å². The van der Waals surface area contributed by atoms with Gasteiger partial charge in [0.1, 0.15) is 5.54 Å². The van der Waals surface area contributed by atoms with Crippen LogP contribution in [0.25, 0.3) is 10.9 Å². The van der Waals surface area contributed by atoms with Gasteiger partial charge in [0.25, 0.3) is 11.8 Å². The summed E-state index contributed by atoms with van der Waals surface area (Å²) in [4.78, 5) is 55.4. The molecule has 33 heavy (non-hydrogen) atoms. The van der Waals surface area contributed by atoms with Crippen LogP contribution in [0.2, 0.25) is 0 Å². The van der Waals surface area contributed by atoms with Crippen LogP contribution in [0.1, 0.15) is 66.6 Å². The minimum atomic E-state index is -0.936. The minimum absolute atomic E-state index is 0.444. The average Bonchev–Trinajstić information content (AvgIpc) is 3.05. The maximum absolute atomic E-state index is 13.1. The number of rotatable bonds is 4. The number of carbonyl (C=O) groups excluding carboxylic acids is 4. The maximum Gasteiger partial charge on any atom is 0.344 e. The number of carbonyl (C=O) groups is 4. The van der Waals surface area contributed by atoms with Gasteiger partial charge >= 0.3 is 12.0 Å². The number of hydrogen-bond acceptors (Lipinski definition) is 6. The van der Waals surface area contributed by atoms with E-state index in [1.165, 1.54) is 0 Å². The number of pyridine rings is 1. The molecule has 9 nitrogen and oxygen atoms in total. The molecule has 0 atom stereocenters. The maximum atomic E-state index is 13.1. The topological polar surface area (TPSA) is 118 Å². The van der Waals surface area contributed by atoms with Gasteiger partial charge in [-0.15, -0.1) is 0 Å². The van der Waals surface area contributed by atoms with E-state index in [0.717, 1.165) is 56.2 Å². The van der Waals surface area contributed by atoms with E-state index in [9.17, 15) is 19.2 Å². The normalized spacial score (nSPS) is 19.3. The quantitative estimate of drug-likeness (QED) is 0.546. The van der Waals surface area contributed by atoms with Gasteiger partial charge in [-0.05, 0) is 50.2 Å². The molecule has 2 fully saturated rings. The highest BCUT2D eigenvalue weighted by Crippen LogP contribution is 2.33. The molecule has 5 rings (SSSR count). The van der Waals surface area contributed by atoms with Gasteiger partial charge in [-0.2, -0.15) is 5.01 Å². The molecule has 9 heteroatoms. The number of urea groups is 1. The zero-order chi connectivity index (χ0) is 23.0. The standard InChI is InChI=1S/C24H26N4O5/c29-19(27-28-22(31)24(26-23(28)32)12-6-1-7-13-24)14-33-21(30)20-15-8-2-4-10-17(15)25-18-11-5-3-9-16(18)20/h2,4,8,10H,1,3,5-7,9,11-14H2,(H,26,32)(H,27,29). The molecule has 0 bridgehead atoms. The van der Waals surface area contributed by atoms with Crippen molar-refractivity contribution in [1.29, 1.82) is 0 Å². The molecule has 2 N–H and O–H groups in total. The van der Waals surface area contributed by atoms with E-state index in [1.807, 2.05) is 24.3 Å². The lowest BCUT2D eigenvalue weighted by Crippen LogP contribution is -2.51. The van der Waals surface area contributed by atoms with E-state index in [0.29, 0.717) is 34.3 Å². The van der Waals surface area contributed by atoms with Crippen LogP contribution in [0, 0.1) is 0 Å². The lowest BCUT2D eigenvalue weighted by molar-refractivity contribution is -0.140. The Morgan fingerprint density at radius 3 is 2.64 bits per heavy atom. The number of hydrogen-bond donors (Lipinski definition) is 2. The molecule has 1 saturated carbocycles. The molecule has 2 aliphatic carbocycles. The van der Waals surface area contributed by atoms with Gasteiger partial charge < -0.3 is 10.1 Å². The van der Waals surface area contributed by atoms with E-state index in [-0.39, 0.29) is 0 Å². The molecule has 2 heterocycles. The number of amides is 4. The second kappa shape index (κ2) is 8.46. The Bertz CT molecular complexity index is 1150. The highest BCUT2D eigenvalue weighted by molar-refractivity contribution is 6.08. The predicted molar refractivity (Wildman–Crippen MR) is 118 cm³/mol. The SMILES string of the molecule is O=C(COC(=O)c1c2c(nc3ccccc13)CCCC2)NN1C(=O)NC2(CCCCC2)C1=O. The summed E-state index contributed by atoms with van der Waals surface area (Å²) < 4.78 is 5.33. The molecule has 1 aromatic heterocycles. The van der Waals surface area contributed by atoms with Crippen molar-refractivity contribution in [3.8, 4) is 0 Å². The number of aryl methyl sites for hydroxylation is 1. The largest absolute Gasteiger partial charge is 0.452 e. The van der Waals surface area contributed by atoms with Crippen LogP contribution in [0.3, 0.4) is 0 Å². The number of hydrazine groups is 1. The zero-order valence-corrected chi connectivity index (χ0v) is 18.3. The molecule has 1 saturated heterocycles. The summed E-state index contributed by atoms with van der Waals surface area (Å²) in [5.74, 6) is -1.81. The summed E-state index contributed by atoms with van der Waals surface area (Å²) in [5, 5.41) is 4.13. The number of ether oxygens (including phenoxy) is 1. The number of aromatic nitrogens is 1. The van der Waals surface area contributed by atoms with Crippen molar-refractivity contribution in [1.82, 2.24) is 20.7 Å². The van der Waals surface area contributed by atoms with Crippen LogP contribution in [0.15, 0.2) is 24.3 Å². The monoisotopic (exact) mass is 450 g/mol. The summed E-state index contributed by atoms with van der Waals surface area (Å²) in [5.41, 5.74) is 4.29. The van der Waals surface area contributed by atoms with Crippen molar-refractivity contribution in [2.75, 3.05) is 6.61 Å². The third-order valence-corrected chi connectivity index (χ3v) is 6.81. The van der Waals surface area contributed by atoms with Crippen LogP contribution in [-0.4, -0.2) is 46.0 Å². The van der Waals surface area contributed by atoms with E-state index in [1.54, 1.807) is 0 Å². The number of nitrogens with one attached hydrogen (secondary N) is 2. The molecule has 1 aliphatic heterocycles. The molecular formula is C24H26N4O5. The molecule has 0 radical (unpaired) electrons. The fourth-order valence-corrected chi connectivity index (χ4v) is 5.18. The van der Waals surface area contributed by atoms with Crippen LogP contribution in [0.4, 0.5) is 4.79 Å². The van der Waals surface area contributed by atoms with Crippen LogP contribution in [-0.2, 0) is 27.2 Å². The van der Waals surface area contributed by atoms with Gasteiger partial charge in [0.15, 0.2) is 6.61 Å². The Hall–Kier alpha value is -3.49. The number of esters is 1. The molecular weight excluding hydrogens is 424 g/mol. The first-order valence-corrected chi connectivity index (χ1v) is 11.5. The van der Waals surface area contributed by atoms with Gasteiger partial charge in [0, 0.05) is 11.1 Å². The second-order valence-corrected chi connectivity index (χ2v) is 8.96. The van der Waals surface area contributed by atoms with E-state index >= 15 is 0 Å². The molecule has 1 spiro atoms. The first-order valence-electron chi connectivity index (χ1n) is 11.5. The Balaban J connectivity index is 1.29. The number of para-hydroxylation sites is 1. The summed E-state index contributed by atoms with van der Waals surface area (Å²) in [6.45, 7) is -0.603. The van der Waals surface area contributed by atoms with Crippen molar-refractivity contribution in [2.45, 2.75) is 63.3 Å². The number of fused-ring (bicyclic) bond motifs is 2. The third-order valence-electron chi connectivity index (χ3n) is 6.81. The Morgan fingerprint density at radius 1 is 1.06 bits per heavy atom. The van der Waals surface area contributed by atoms with E-state index in [2.05, 4.69) is 10.7 Å². The first kappa shape index (κ1) is 21.4. The van der Waals surface area contributed by atoms with Crippen molar-refractivity contribution in [3.63, 3.8) is 0 Å². The van der Waals surface area contributed by atoms with Gasteiger partial charge in [0.05, 0.1) is 11.1 Å². The summed E-state index contributed by atoms with van der Waals surface area (Å²) >= 11 is 0. The average molecular weight is 450 g/mol. The molecule has 3 aliphatic rings. The lowest BCUT2D eigenvalue weighted by Gasteiger charge is -2.30. The number of nitrogens with zero attached hydrogens (tertiary/aromatic N) is 2. The Labute approximate surface area is 190 Å². The smallest absolute Gasteiger partial charge is 0.344 e. The van der Waals surface area contributed by atoms with Gasteiger partial charge in [0.2, 0.25) is 0 Å². The van der Waals surface area contributed by atoms with Crippen molar-refractivity contribution in [2.24, 2.45) is 0 Å².